The lowest BCUT2D eigenvalue weighted by molar-refractivity contribution is -0.116. The fraction of sp³-hybridized carbons (Fsp3) is 0.500. The van der Waals surface area contributed by atoms with Gasteiger partial charge in [-0.25, -0.2) is 8.78 Å². The van der Waals surface area contributed by atoms with E-state index in [1.165, 1.54) is 0 Å². The third-order valence-electron chi connectivity index (χ3n) is 3.41. The van der Waals surface area contributed by atoms with Gasteiger partial charge in [-0.15, -0.1) is 0 Å². The number of halogens is 2. The number of amides is 1. The first-order valence-corrected chi connectivity index (χ1v) is 6.75. The summed E-state index contributed by atoms with van der Waals surface area (Å²) in [7, 11) is 0. The smallest absolute Gasteiger partial charge is 0.225 e. The van der Waals surface area contributed by atoms with E-state index in [9.17, 15) is 13.6 Å². The number of nitrogens with zero attached hydrogens (tertiary/aromatic N) is 1. The van der Waals surface area contributed by atoms with Crippen LogP contribution in [0.15, 0.2) is 18.2 Å². The number of hydrogen-bond donors (Lipinski definition) is 2. The Morgan fingerprint density at radius 2 is 2.10 bits per heavy atom. The molecule has 1 aliphatic rings. The van der Waals surface area contributed by atoms with Crippen molar-refractivity contribution in [1.29, 1.82) is 0 Å². The minimum absolute atomic E-state index is 0.154. The van der Waals surface area contributed by atoms with Crippen molar-refractivity contribution >= 4 is 11.6 Å². The van der Waals surface area contributed by atoms with Crippen LogP contribution >= 0.6 is 0 Å². The molecule has 6 heteroatoms. The molecule has 2 N–H and O–H groups in total. The van der Waals surface area contributed by atoms with Crippen LogP contribution in [0.2, 0.25) is 0 Å². The van der Waals surface area contributed by atoms with Crippen molar-refractivity contribution in [3.8, 4) is 0 Å². The molecule has 110 valence electrons. The maximum Gasteiger partial charge on any atom is 0.225 e. The van der Waals surface area contributed by atoms with Crippen LogP contribution in [0.4, 0.5) is 14.5 Å². The van der Waals surface area contributed by atoms with E-state index in [1.807, 2.05) is 0 Å². The van der Waals surface area contributed by atoms with Crippen molar-refractivity contribution in [2.75, 3.05) is 31.5 Å². The van der Waals surface area contributed by atoms with E-state index in [2.05, 4.69) is 22.5 Å². The highest BCUT2D eigenvalue weighted by Gasteiger charge is 2.18. The van der Waals surface area contributed by atoms with Crippen LogP contribution in [0.25, 0.3) is 0 Å². The summed E-state index contributed by atoms with van der Waals surface area (Å²) in [6.45, 7) is 5.49. The van der Waals surface area contributed by atoms with Gasteiger partial charge in [-0.1, -0.05) is 0 Å². The highest BCUT2D eigenvalue weighted by atomic mass is 19.1. The second-order valence-electron chi connectivity index (χ2n) is 5.05. The number of anilines is 1. The van der Waals surface area contributed by atoms with E-state index in [0.29, 0.717) is 19.0 Å². The lowest BCUT2D eigenvalue weighted by Crippen LogP contribution is -2.50. The van der Waals surface area contributed by atoms with Crippen LogP contribution in [0, 0.1) is 11.6 Å². The molecule has 1 aliphatic heterocycles. The first kappa shape index (κ1) is 14.9. The first-order chi connectivity index (χ1) is 9.54. The zero-order valence-corrected chi connectivity index (χ0v) is 11.5. The summed E-state index contributed by atoms with van der Waals surface area (Å²) < 4.78 is 26.0. The zero-order chi connectivity index (χ0) is 14.5. The van der Waals surface area contributed by atoms with Gasteiger partial charge in [0.2, 0.25) is 5.91 Å². The van der Waals surface area contributed by atoms with Crippen molar-refractivity contribution in [2.24, 2.45) is 0 Å². The Balaban J connectivity index is 1.83. The van der Waals surface area contributed by atoms with Gasteiger partial charge in [-0.3, -0.25) is 9.69 Å². The van der Waals surface area contributed by atoms with Gasteiger partial charge in [0.1, 0.15) is 11.6 Å². The van der Waals surface area contributed by atoms with Crippen LogP contribution in [-0.4, -0.2) is 43.0 Å². The first-order valence-electron chi connectivity index (χ1n) is 6.75. The Kier molecular flexibility index (Phi) is 5.03. The number of carbonyl (C=O) groups is 1. The molecule has 1 saturated heterocycles. The van der Waals surface area contributed by atoms with Gasteiger partial charge in [0.15, 0.2) is 0 Å². The highest BCUT2D eigenvalue weighted by molar-refractivity contribution is 5.90. The number of piperazine rings is 1. The molecule has 1 atom stereocenters. The topological polar surface area (TPSA) is 44.4 Å². The molecular weight excluding hydrogens is 264 g/mol. The van der Waals surface area contributed by atoms with Crippen molar-refractivity contribution in [3.05, 3.63) is 29.8 Å². The van der Waals surface area contributed by atoms with E-state index >= 15 is 0 Å². The van der Waals surface area contributed by atoms with E-state index in [4.69, 9.17) is 0 Å². The number of hydrogen-bond acceptors (Lipinski definition) is 3. The maximum absolute atomic E-state index is 13.0. The molecule has 20 heavy (non-hydrogen) atoms. The van der Waals surface area contributed by atoms with Gasteiger partial charge in [0, 0.05) is 50.4 Å². The lowest BCUT2D eigenvalue weighted by Gasteiger charge is -2.33. The van der Waals surface area contributed by atoms with Gasteiger partial charge in [0.05, 0.1) is 0 Å². The molecule has 2 rings (SSSR count). The van der Waals surface area contributed by atoms with Crippen LogP contribution < -0.4 is 10.6 Å². The van der Waals surface area contributed by atoms with E-state index in [0.717, 1.165) is 37.8 Å². The number of rotatable bonds is 4. The Bertz CT molecular complexity index is 461. The Hall–Kier alpha value is -1.53. The van der Waals surface area contributed by atoms with Crippen LogP contribution in [0.1, 0.15) is 13.3 Å². The Labute approximate surface area is 117 Å². The molecular formula is C14H19F2N3O. The summed E-state index contributed by atoms with van der Waals surface area (Å²) in [5, 5.41) is 5.80. The standard InChI is InChI=1S/C14H19F2N3O/c1-10-9-17-3-5-19(10)4-2-14(20)18-13-7-11(15)6-12(16)8-13/h6-8,10,17H,2-5,9H2,1H3,(H,18,20)/t10-/m1/s1. The molecule has 0 bridgehead atoms. The summed E-state index contributed by atoms with van der Waals surface area (Å²) in [6, 6.07) is 3.38. The molecule has 0 radical (unpaired) electrons. The summed E-state index contributed by atoms with van der Waals surface area (Å²) >= 11 is 0. The quantitative estimate of drug-likeness (QED) is 0.882. The van der Waals surface area contributed by atoms with Crippen LogP contribution in [0.5, 0.6) is 0 Å². The monoisotopic (exact) mass is 283 g/mol. The molecule has 0 spiro atoms. The summed E-state index contributed by atoms with van der Waals surface area (Å²) in [4.78, 5) is 14.0. The molecule has 1 fully saturated rings. The summed E-state index contributed by atoms with van der Waals surface area (Å²) in [6.07, 6.45) is 0.308. The molecule has 0 saturated carbocycles. The fourth-order valence-corrected chi connectivity index (χ4v) is 2.31. The van der Waals surface area contributed by atoms with Crippen molar-refractivity contribution in [2.45, 2.75) is 19.4 Å². The van der Waals surface area contributed by atoms with E-state index in [1.54, 1.807) is 0 Å². The third kappa shape index (κ3) is 4.25. The van der Waals surface area contributed by atoms with Gasteiger partial charge < -0.3 is 10.6 Å². The van der Waals surface area contributed by atoms with E-state index < -0.39 is 11.6 Å². The minimum atomic E-state index is -0.698. The van der Waals surface area contributed by atoms with Gasteiger partial charge in [-0.2, -0.15) is 0 Å². The predicted octanol–water partition coefficient (Wildman–Crippen LogP) is 1.59. The van der Waals surface area contributed by atoms with E-state index in [-0.39, 0.29) is 11.6 Å². The average Bonchev–Trinajstić information content (AvgIpc) is 2.36. The number of benzene rings is 1. The lowest BCUT2D eigenvalue weighted by atomic mass is 10.2. The summed E-state index contributed by atoms with van der Waals surface area (Å²) in [5.74, 6) is -1.63. The SMILES string of the molecule is C[C@@H]1CNCCN1CCC(=O)Nc1cc(F)cc(F)c1. The van der Waals surface area contributed by atoms with Gasteiger partial charge >= 0.3 is 0 Å². The molecule has 1 amide bonds. The minimum Gasteiger partial charge on any atom is -0.326 e. The second kappa shape index (κ2) is 6.76. The number of carbonyl (C=O) groups excluding carboxylic acids is 1. The van der Waals surface area contributed by atoms with Crippen molar-refractivity contribution in [1.82, 2.24) is 10.2 Å². The van der Waals surface area contributed by atoms with Crippen molar-refractivity contribution in [3.63, 3.8) is 0 Å². The van der Waals surface area contributed by atoms with Crippen LogP contribution in [-0.2, 0) is 4.79 Å². The zero-order valence-electron chi connectivity index (χ0n) is 11.5. The summed E-state index contributed by atoms with van der Waals surface area (Å²) in [5.41, 5.74) is 0.154. The van der Waals surface area contributed by atoms with Gasteiger partial charge in [-0.05, 0) is 19.1 Å². The second-order valence-corrected chi connectivity index (χ2v) is 5.05. The largest absolute Gasteiger partial charge is 0.326 e. The highest BCUT2D eigenvalue weighted by Crippen LogP contribution is 2.13. The predicted molar refractivity (Wildman–Crippen MR) is 73.5 cm³/mol. The Morgan fingerprint density at radius 1 is 1.40 bits per heavy atom. The molecule has 1 heterocycles. The third-order valence-corrected chi connectivity index (χ3v) is 3.41. The Morgan fingerprint density at radius 3 is 2.75 bits per heavy atom. The average molecular weight is 283 g/mol. The molecule has 0 aliphatic carbocycles. The van der Waals surface area contributed by atoms with Gasteiger partial charge in [0.25, 0.3) is 0 Å². The van der Waals surface area contributed by atoms with Crippen LogP contribution in [0.3, 0.4) is 0 Å². The molecule has 4 nitrogen and oxygen atoms in total. The fourth-order valence-electron chi connectivity index (χ4n) is 2.31. The molecule has 1 aromatic rings. The molecule has 0 aromatic heterocycles. The molecule has 1 aromatic carbocycles. The normalized spacial score (nSPS) is 19.9. The van der Waals surface area contributed by atoms with Crippen molar-refractivity contribution < 1.29 is 13.6 Å². The molecule has 0 unspecified atom stereocenters. The maximum atomic E-state index is 13.0. The number of nitrogens with one attached hydrogen (secondary N) is 2.